The number of hydrogen-bond donors (Lipinski definition) is 0. The van der Waals surface area contributed by atoms with Crippen molar-refractivity contribution in [2.24, 2.45) is 7.05 Å². The summed E-state index contributed by atoms with van der Waals surface area (Å²) in [4.78, 5) is 6.36. The number of aromatic nitrogens is 4. The number of benzene rings is 2. The normalized spacial score (nSPS) is 14.0. The number of fused-ring (bicyclic) bond motifs is 4. The molecule has 0 saturated heterocycles. The van der Waals surface area contributed by atoms with Crippen LogP contribution in [0, 0.1) is 11.6 Å². The quantitative estimate of drug-likeness (QED) is 0.429. The van der Waals surface area contributed by atoms with Crippen molar-refractivity contribution in [1.29, 1.82) is 0 Å². The van der Waals surface area contributed by atoms with Crippen LogP contribution in [-0.4, -0.2) is 24.1 Å². The fourth-order valence-electron chi connectivity index (χ4n) is 4.58. The van der Waals surface area contributed by atoms with Crippen LogP contribution in [0.4, 0.5) is 8.78 Å². The van der Waals surface area contributed by atoms with E-state index in [-0.39, 0.29) is 12.1 Å². The second kappa shape index (κ2) is 6.72. The molecule has 5 aromatic rings. The second-order valence-corrected chi connectivity index (χ2v) is 8.07. The first kappa shape index (κ1) is 18.2. The number of rotatable bonds is 3. The molecule has 6 rings (SSSR count). The maximum Gasteiger partial charge on any atom is 0.136 e. The minimum Gasteiger partial charge on any atom is -0.302 e. The minimum absolute atomic E-state index is 0.0943. The van der Waals surface area contributed by atoms with Crippen molar-refractivity contribution in [2.75, 3.05) is 0 Å². The lowest BCUT2D eigenvalue weighted by atomic mass is 9.99. The molecule has 0 saturated carbocycles. The number of imidazole rings is 1. The molecule has 0 spiro atoms. The first-order valence-electron chi connectivity index (χ1n) is 10.1. The van der Waals surface area contributed by atoms with E-state index in [2.05, 4.69) is 10.1 Å². The molecule has 3 aromatic heterocycles. The lowest BCUT2D eigenvalue weighted by Gasteiger charge is -2.17. The molecule has 0 N–H and O–H groups in total. The first-order valence-corrected chi connectivity index (χ1v) is 10.1. The van der Waals surface area contributed by atoms with Gasteiger partial charge in [0.25, 0.3) is 0 Å². The van der Waals surface area contributed by atoms with Crippen LogP contribution in [0.5, 0.6) is 0 Å². The summed E-state index contributed by atoms with van der Waals surface area (Å²) in [5.74, 6) is -1.06. The van der Waals surface area contributed by atoms with Crippen LogP contribution in [0.3, 0.4) is 0 Å². The molecule has 0 radical (unpaired) electrons. The van der Waals surface area contributed by atoms with Gasteiger partial charge in [-0.25, -0.2) is 13.8 Å². The highest BCUT2D eigenvalue weighted by Crippen LogP contribution is 2.32. The molecule has 0 amide bonds. The van der Waals surface area contributed by atoms with Crippen LogP contribution >= 0.6 is 0 Å². The molecule has 7 heteroatoms. The number of aryl methyl sites for hydroxylation is 1. The third-order valence-corrected chi connectivity index (χ3v) is 6.03. The third kappa shape index (κ3) is 2.92. The van der Waals surface area contributed by atoms with Crippen LogP contribution in [0.2, 0.25) is 0 Å². The summed E-state index contributed by atoms with van der Waals surface area (Å²) in [6.07, 6.45) is 5.55. The van der Waals surface area contributed by atoms with Gasteiger partial charge in [-0.3, -0.25) is 9.58 Å². The van der Waals surface area contributed by atoms with Crippen molar-refractivity contribution in [1.82, 2.24) is 24.1 Å². The van der Waals surface area contributed by atoms with E-state index in [9.17, 15) is 0 Å². The Labute approximate surface area is 177 Å². The van der Waals surface area contributed by atoms with Crippen LogP contribution in [-0.2, 0) is 26.7 Å². The summed E-state index contributed by atoms with van der Waals surface area (Å²) >= 11 is 0. The molecule has 2 aromatic carbocycles. The van der Waals surface area contributed by atoms with Gasteiger partial charge in [-0.05, 0) is 41.0 Å². The molecule has 154 valence electrons. The first-order chi connectivity index (χ1) is 15.1. The van der Waals surface area contributed by atoms with Gasteiger partial charge in [-0.1, -0.05) is 18.2 Å². The number of nitrogens with zero attached hydrogens (tertiary/aromatic N) is 5. The molecule has 4 heterocycles. The summed E-state index contributed by atoms with van der Waals surface area (Å²) in [5, 5.41) is 5.25. The summed E-state index contributed by atoms with van der Waals surface area (Å²) < 4.78 is 33.9. The average molecular weight is 415 g/mol. The van der Waals surface area contributed by atoms with Gasteiger partial charge in [-0.15, -0.1) is 0 Å². The van der Waals surface area contributed by atoms with Crippen LogP contribution in [0.25, 0.3) is 27.7 Å². The zero-order valence-corrected chi connectivity index (χ0v) is 16.9. The van der Waals surface area contributed by atoms with E-state index in [4.69, 9.17) is 0 Å². The third-order valence-electron chi connectivity index (χ3n) is 6.03. The molecule has 31 heavy (non-hydrogen) atoms. The van der Waals surface area contributed by atoms with E-state index < -0.39 is 11.6 Å². The molecule has 5 nitrogen and oxygen atoms in total. The van der Waals surface area contributed by atoms with E-state index in [0.29, 0.717) is 18.7 Å². The number of hydrogen-bond acceptors (Lipinski definition) is 3. The summed E-state index contributed by atoms with van der Waals surface area (Å²) in [5.41, 5.74) is 5.34. The van der Waals surface area contributed by atoms with Crippen LogP contribution < -0.4 is 0 Å². The van der Waals surface area contributed by atoms with Crippen LogP contribution in [0.1, 0.15) is 16.8 Å². The van der Waals surface area contributed by atoms with Gasteiger partial charge in [0, 0.05) is 61.9 Å². The zero-order chi connectivity index (χ0) is 21.1. The summed E-state index contributed by atoms with van der Waals surface area (Å²) in [6.45, 7) is 1.48. The van der Waals surface area contributed by atoms with Crippen molar-refractivity contribution in [3.8, 4) is 11.1 Å². The smallest absolute Gasteiger partial charge is 0.136 e. The van der Waals surface area contributed by atoms with E-state index in [0.717, 1.165) is 33.4 Å². The second-order valence-electron chi connectivity index (χ2n) is 8.07. The molecular weight excluding hydrogens is 396 g/mol. The minimum atomic E-state index is -0.528. The van der Waals surface area contributed by atoms with E-state index in [1.54, 1.807) is 10.9 Å². The Morgan fingerprint density at radius 3 is 2.71 bits per heavy atom. The predicted octanol–water partition coefficient (Wildman–Crippen LogP) is 4.68. The van der Waals surface area contributed by atoms with Crippen molar-refractivity contribution in [3.05, 3.63) is 89.5 Å². The van der Waals surface area contributed by atoms with Gasteiger partial charge in [0.1, 0.15) is 17.3 Å². The molecule has 1 aliphatic heterocycles. The van der Waals surface area contributed by atoms with Gasteiger partial charge in [0.05, 0.1) is 5.52 Å². The average Bonchev–Trinajstić information content (AvgIpc) is 3.45. The van der Waals surface area contributed by atoms with Crippen molar-refractivity contribution >= 4 is 16.6 Å². The fourth-order valence-corrected chi connectivity index (χ4v) is 4.58. The van der Waals surface area contributed by atoms with Crippen molar-refractivity contribution in [2.45, 2.75) is 19.6 Å². The maximum absolute atomic E-state index is 15.1. The molecular formula is C24H19F2N5. The standard InChI is InChI=1S/C24H19F2N5/c1-29-12-18-17(3-2-4-22(18)28-29)16-9-20(25)19(21(26)10-16)13-30-11-15-5-6-24-27-7-8-31(24)23(15)14-30/h2-10,12H,11,13-14H2,1H3. The Hall–Kier alpha value is -3.58. The molecule has 0 unspecified atom stereocenters. The Morgan fingerprint density at radius 1 is 1.03 bits per heavy atom. The molecule has 1 aliphatic rings. The van der Waals surface area contributed by atoms with Gasteiger partial charge in [0.2, 0.25) is 0 Å². The van der Waals surface area contributed by atoms with Gasteiger partial charge >= 0.3 is 0 Å². The Bertz CT molecular complexity index is 1440. The maximum atomic E-state index is 15.1. The highest BCUT2D eigenvalue weighted by Gasteiger charge is 2.24. The van der Waals surface area contributed by atoms with Gasteiger partial charge in [-0.2, -0.15) is 5.10 Å². The van der Waals surface area contributed by atoms with Gasteiger partial charge < -0.3 is 4.40 Å². The van der Waals surface area contributed by atoms with Crippen LogP contribution in [0.15, 0.2) is 61.1 Å². The van der Waals surface area contributed by atoms with E-state index in [1.165, 1.54) is 12.1 Å². The van der Waals surface area contributed by atoms with Crippen molar-refractivity contribution in [3.63, 3.8) is 0 Å². The summed E-state index contributed by atoms with van der Waals surface area (Å²) in [6, 6.07) is 12.5. The molecule has 0 aliphatic carbocycles. The Morgan fingerprint density at radius 2 is 1.87 bits per heavy atom. The van der Waals surface area contributed by atoms with E-state index >= 15 is 8.78 Å². The molecule has 0 bridgehead atoms. The Balaban J connectivity index is 1.33. The SMILES string of the molecule is Cn1cc2c(-c3cc(F)c(CN4Cc5ccc6nccn6c5C4)c(F)c3)cccc2n1. The monoisotopic (exact) mass is 415 g/mol. The summed E-state index contributed by atoms with van der Waals surface area (Å²) in [7, 11) is 1.83. The lowest BCUT2D eigenvalue weighted by Crippen LogP contribution is -2.18. The highest BCUT2D eigenvalue weighted by molar-refractivity contribution is 5.94. The number of pyridine rings is 1. The topological polar surface area (TPSA) is 38.4 Å². The lowest BCUT2D eigenvalue weighted by molar-refractivity contribution is 0.264. The van der Waals surface area contributed by atoms with Gasteiger partial charge in [0.15, 0.2) is 0 Å². The fraction of sp³-hybridized carbons (Fsp3) is 0.167. The van der Waals surface area contributed by atoms with E-state index in [1.807, 2.05) is 59.1 Å². The van der Waals surface area contributed by atoms with Crippen molar-refractivity contribution < 1.29 is 8.78 Å². The molecule has 0 atom stereocenters. The Kier molecular flexibility index (Phi) is 3.94. The highest BCUT2D eigenvalue weighted by atomic mass is 19.1. The molecule has 0 fully saturated rings. The zero-order valence-electron chi connectivity index (χ0n) is 16.9. The number of halogens is 2. The largest absolute Gasteiger partial charge is 0.302 e. The predicted molar refractivity (Wildman–Crippen MR) is 114 cm³/mol.